The summed E-state index contributed by atoms with van der Waals surface area (Å²) in [7, 11) is 1.33. The summed E-state index contributed by atoms with van der Waals surface area (Å²) in [6, 6.07) is 9.73. The number of thiocarbonyl (C=S) groups is 1. The van der Waals surface area contributed by atoms with E-state index in [9.17, 15) is 33.1 Å². The molecule has 0 spiro atoms. The van der Waals surface area contributed by atoms with Crippen LogP contribution in [0.25, 0.3) is 17.2 Å². The number of amides is 2. The first-order valence-corrected chi connectivity index (χ1v) is 13.6. The molecule has 1 saturated heterocycles. The van der Waals surface area contributed by atoms with Gasteiger partial charge in [0.15, 0.2) is 23.1 Å². The monoisotopic (exact) mass is 628 g/mol. The second kappa shape index (κ2) is 13.0. The van der Waals surface area contributed by atoms with Crippen molar-refractivity contribution in [1.29, 1.82) is 0 Å². The molecule has 0 aliphatic carbocycles. The van der Waals surface area contributed by atoms with Gasteiger partial charge in [-0.1, -0.05) is 30.0 Å². The second-order valence-electron chi connectivity index (χ2n) is 8.99. The third-order valence-electron chi connectivity index (χ3n) is 6.02. The first kappa shape index (κ1) is 31.1. The van der Waals surface area contributed by atoms with Gasteiger partial charge in [0.25, 0.3) is 5.91 Å². The molecular weight excluding hydrogens is 606 g/mol. The van der Waals surface area contributed by atoms with E-state index in [2.05, 4.69) is 5.32 Å². The maximum Gasteiger partial charge on any atom is 0.339 e. The molecular formula is C29H22F2N2O8S2. The van der Waals surface area contributed by atoms with E-state index in [0.29, 0.717) is 5.56 Å². The van der Waals surface area contributed by atoms with Crippen LogP contribution in [0.4, 0.5) is 14.5 Å². The Morgan fingerprint density at radius 2 is 1.84 bits per heavy atom. The van der Waals surface area contributed by atoms with E-state index >= 15 is 0 Å². The summed E-state index contributed by atoms with van der Waals surface area (Å²) >= 11 is 6.33. The number of nitrogens with one attached hydrogen (secondary N) is 1. The number of hydrogen-bond acceptors (Lipinski definition) is 9. The number of hydrogen-bond donors (Lipinski definition) is 3. The summed E-state index contributed by atoms with van der Waals surface area (Å²) in [5, 5.41) is 21.3. The highest BCUT2D eigenvalue weighted by Gasteiger charge is 2.32. The number of carbonyl (C=O) groups excluding carboxylic acids is 3. The largest absolute Gasteiger partial charge is 0.507 e. The number of ether oxygens (including phenoxy) is 2. The molecule has 0 bridgehead atoms. The minimum absolute atomic E-state index is 0.0253. The lowest BCUT2D eigenvalue weighted by atomic mass is 10.00. The number of carboxylic acids is 1. The molecule has 1 aliphatic heterocycles. The number of benzene rings is 3. The highest BCUT2D eigenvalue weighted by Crippen LogP contribution is 2.42. The van der Waals surface area contributed by atoms with Crippen molar-refractivity contribution in [2.24, 2.45) is 0 Å². The lowest BCUT2D eigenvalue weighted by molar-refractivity contribution is -0.132. The normalized spacial score (nSPS) is 13.8. The zero-order valence-electron chi connectivity index (χ0n) is 22.5. The Morgan fingerprint density at radius 3 is 2.47 bits per heavy atom. The number of halogens is 2. The fourth-order valence-electron chi connectivity index (χ4n) is 4.06. The number of thioether (sulfide) groups is 1. The molecule has 222 valence electrons. The fraction of sp³-hybridized carbons (Fsp3) is 0.138. The molecule has 0 aromatic heterocycles. The number of esters is 1. The van der Waals surface area contributed by atoms with Crippen molar-refractivity contribution in [3.05, 3.63) is 76.2 Å². The van der Waals surface area contributed by atoms with Gasteiger partial charge in [0.05, 0.1) is 12.0 Å². The van der Waals surface area contributed by atoms with Crippen LogP contribution in [0.15, 0.2) is 53.4 Å². The maximum absolute atomic E-state index is 14.1. The van der Waals surface area contributed by atoms with Gasteiger partial charge in [-0.25, -0.2) is 13.6 Å². The summed E-state index contributed by atoms with van der Waals surface area (Å²) in [5.41, 5.74) is 0.636. The van der Waals surface area contributed by atoms with Crippen LogP contribution in [0.5, 0.6) is 17.2 Å². The molecule has 3 N–H and O–H groups in total. The average molecular weight is 629 g/mol. The predicted octanol–water partition coefficient (Wildman–Crippen LogP) is 5.20. The van der Waals surface area contributed by atoms with E-state index in [-0.39, 0.29) is 56.1 Å². The first-order valence-electron chi connectivity index (χ1n) is 12.3. The van der Waals surface area contributed by atoms with Crippen LogP contribution in [0, 0.1) is 11.6 Å². The number of nitrogens with zero attached hydrogens (tertiary/aromatic N) is 1. The SMILES string of the molecule is COc1cc(/C=C2\SC(=S)N(CCC(=O)Nc3ccc(C(=O)O)c(O)c3)C2=O)cc(-c2ccc(F)c(F)c2)c1OC(C)=O. The molecule has 10 nitrogen and oxygen atoms in total. The van der Waals surface area contributed by atoms with Crippen molar-refractivity contribution in [3.8, 4) is 28.4 Å². The topological polar surface area (TPSA) is 142 Å². The summed E-state index contributed by atoms with van der Waals surface area (Å²) in [5.74, 6) is -5.61. The summed E-state index contributed by atoms with van der Waals surface area (Å²) < 4.78 is 38.6. The molecule has 0 radical (unpaired) electrons. The van der Waals surface area contributed by atoms with Crippen molar-refractivity contribution in [1.82, 2.24) is 4.90 Å². The summed E-state index contributed by atoms with van der Waals surface area (Å²) in [6.45, 7) is 1.11. The molecule has 0 atom stereocenters. The standard InChI is InChI=1S/C29H22F2N2O8S2/c1-14(34)41-26-19(16-3-6-20(30)21(31)12-16)9-15(10-23(26)40-2)11-24-27(37)33(29(42)43-24)8-7-25(36)32-17-4-5-18(28(38)39)22(35)13-17/h3-6,9-13,35H,7-8H2,1-2H3,(H,32,36)(H,38,39)/b24-11-. The maximum atomic E-state index is 14.1. The molecule has 14 heteroatoms. The van der Waals surface area contributed by atoms with E-state index in [0.717, 1.165) is 36.0 Å². The van der Waals surface area contributed by atoms with Crippen LogP contribution < -0.4 is 14.8 Å². The number of aromatic carboxylic acids is 1. The quantitative estimate of drug-likeness (QED) is 0.125. The van der Waals surface area contributed by atoms with E-state index in [1.165, 1.54) is 49.3 Å². The van der Waals surface area contributed by atoms with Gasteiger partial charge in [-0.3, -0.25) is 19.3 Å². The Hall–Kier alpha value is -4.82. The van der Waals surface area contributed by atoms with Crippen LogP contribution >= 0.6 is 24.0 Å². The van der Waals surface area contributed by atoms with Crippen molar-refractivity contribution in [3.63, 3.8) is 0 Å². The zero-order chi connectivity index (χ0) is 31.4. The number of anilines is 1. The van der Waals surface area contributed by atoms with E-state index in [4.69, 9.17) is 26.8 Å². The van der Waals surface area contributed by atoms with Gasteiger partial charge in [0, 0.05) is 37.2 Å². The third kappa shape index (κ3) is 7.16. The third-order valence-corrected chi connectivity index (χ3v) is 7.40. The number of rotatable bonds is 9. The molecule has 2 amide bonds. The highest BCUT2D eigenvalue weighted by molar-refractivity contribution is 8.26. The first-order chi connectivity index (χ1) is 20.4. The number of aromatic hydroxyl groups is 1. The van der Waals surface area contributed by atoms with Crippen LogP contribution in [0.3, 0.4) is 0 Å². The van der Waals surface area contributed by atoms with Crippen molar-refractivity contribution < 1.29 is 47.6 Å². The predicted molar refractivity (Wildman–Crippen MR) is 158 cm³/mol. The van der Waals surface area contributed by atoms with Crippen molar-refractivity contribution >= 4 is 63.8 Å². The molecule has 0 unspecified atom stereocenters. The van der Waals surface area contributed by atoms with Crippen molar-refractivity contribution in [2.45, 2.75) is 13.3 Å². The van der Waals surface area contributed by atoms with Gasteiger partial charge in [0.1, 0.15) is 15.6 Å². The Bertz CT molecular complexity index is 1710. The molecule has 1 heterocycles. The molecule has 1 aliphatic rings. The van der Waals surface area contributed by atoms with Crippen LogP contribution in [0.1, 0.15) is 29.3 Å². The fourth-order valence-corrected chi connectivity index (χ4v) is 5.37. The molecule has 0 saturated carbocycles. The van der Waals surface area contributed by atoms with Crippen LogP contribution in [0.2, 0.25) is 0 Å². The average Bonchev–Trinajstić information content (AvgIpc) is 3.20. The lowest BCUT2D eigenvalue weighted by Crippen LogP contribution is -2.31. The summed E-state index contributed by atoms with van der Waals surface area (Å²) in [4.78, 5) is 49.9. The van der Waals surface area contributed by atoms with Gasteiger partial charge in [-0.05, 0) is 53.6 Å². The Balaban J connectivity index is 1.55. The Kier molecular flexibility index (Phi) is 9.41. The minimum atomic E-state index is -1.32. The number of carboxylic acid groups (broad SMARTS) is 1. The molecule has 3 aromatic rings. The van der Waals surface area contributed by atoms with Crippen LogP contribution in [-0.2, 0) is 14.4 Å². The molecule has 43 heavy (non-hydrogen) atoms. The van der Waals surface area contributed by atoms with E-state index < -0.39 is 41.1 Å². The van der Waals surface area contributed by atoms with E-state index in [1.807, 2.05) is 0 Å². The van der Waals surface area contributed by atoms with Gasteiger partial charge in [-0.15, -0.1) is 0 Å². The smallest absolute Gasteiger partial charge is 0.339 e. The second-order valence-corrected chi connectivity index (χ2v) is 10.7. The minimum Gasteiger partial charge on any atom is -0.507 e. The molecule has 4 rings (SSSR count). The number of carbonyl (C=O) groups is 4. The number of methoxy groups -OCH3 is 1. The molecule has 3 aromatic carbocycles. The van der Waals surface area contributed by atoms with E-state index in [1.54, 1.807) is 0 Å². The Labute approximate surface area is 252 Å². The summed E-state index contributed by atoms with van der Waals surface area (Å²) in [6.07, 6.45) is 1.34. The van der Waals surface area contributed by atoms with Gasteiger partial charge >= 0.3 is 11.9 Å². The Morgan fingerprint density at radius 1 is 1.09 bits per heavy atom. The highest BCUT2D eigenvalue weighted by atomic mass is 32.2. The van der Waals surface area contributed by atoms with Gasteiger partial charge < -0.3 is 25.0 Å². The van der Waals surface area contributed by atoms with Gasteiger partial charge in [0.2, 0.25) is 5.91 Å². The van der Waals surface area contributed by atoms with Crippen LogP contribution in [-0.4, -0.2) is 56.8 Å². The van der Waals surface area contributed by atoms with Gasteiger partial charge in [-0.2, -0.15) is 0 Å². The zero-order valence-corrected chi connectivity index (χ0v) is 24.1. The van der Waals surface area contributed by atoms with Crippen molar-refractivity contribution in [2.75, 3.05) is 19.0 Å². The number of phenols is 1. The molecule has 1 fully saturated rings. The lowest BCUT2D eigenvalue weighted by Gasteiger charge is -2.15.